The first kappa shape index (κ1) is 38.2. The van der Waals surface area contributed by atoms with Gasteiger partial charge in [-0.2, -0.15) is 0 Å². The number of hydrogen-bond acceptors (Lipinski definition) is 6. The Bertz CT molecular complexity index is 1980. The summed E-state index contributed by atoms with van der Waals surface area (Å²) < 4.78 is 0. The van der Waals surface area contributed by atoms with E-state index in [4.69, 9.17) is 10.2 Å². The van der Waals surface area contributed by atoms with Crippen LogP contribution in [0.4, 0.5) is 0 Å². The summed E-state index contributed by atoms with van der Waals surface area (Å²) in [6.07, 6.45) is 5.10. The number of pyridine rings is 2. The zero-order valence-corrected chi connectivity index (χ0v) is 31.5. The third-order valence-electron chi connectivity index (χ3n) is 7.89. The van der Waals surface area contributed by atoms with Gasteiger partial charge in [-0.1, -0.05) is 99.6 Å². The number of benzene rings is 4. The van der Waals surface area contributed by atoms with Gasteiger partial charge < -0.3 is 10.2 Å². The molecule has 0 aliphatic heterocycles. The molecule has 2 atom stereocenters. The Labute approximate surface area is 308 Å². The van der Waals surface area contributed by atoms with Crippen LogP contribution in [0.25, 0.3) is 55.3 Å². The van der Waals surface area contributed by atoms with Crippen molar-refractivity contribution in [1.82, 2.24) is 19.9 Å². The van der Waals surface area contributed by atoms with Crippen LogP contribution >= 0.6 is 0 Å². The molecular weight excluding hydrogens is 797 g/mol. The molecule has 0 fully saturated rings. The van der Waals surface area contributed by atoms with Crippen LogP contribution in [0.2, 0.25) is 0 Å². The molecule has 0 amide bonds. The quantitative estimate of drug-likeness (QED) is 0.133. The first-order chi connectivity index (χ1) is 23.6. The van der Waals surface area contributed by atoms with Gasteiger partial charge in [0.05, 0.1) is 23.2 Å². The van der Waals surface area contributed by atoms with E-state index in [-0.39, 0.29) is 37.7 Å². The van der Waals surface area contributed by atoms with Gasteiger partial charge in [-0.15, -0.1) is 35.9 Å². The van der Waals surface area contributed by atoms with Crippen molar-refractivity contribution in [2.24, 2.45) is 0 Å². The Morgan fingerprint density at radius 3 is 1.54 bits per heavy atom. The van der Waals surface area contributed by atoms with Crippen LogP contribution in [-0.4, -0.2) is 42.4 Å². The largest absolute Gasteiger partial charge is 0.393 e. The van der Waals surface area contributed by atoms with E-state index in [1.165, 1.54) is 22.3 Å². The van der Waals surface area contributed by atoms with Gasteiger partial charge in [0.15, 0.2) is 0 Å². The Hall–Kier alpha value is -4.65. The smallest absolute Gasteiger partial charge is 0.105 e. The number of hydrogen-bond donors (Lipinski definition) is 2. The van der Waals surface area contributed by atoms with Gasteiger partial charge >= 0.3 is 0 Å². The molecule has 0 aliphatic carbocycles. The summed E-state index contributed by atoms with van der Waals surface area (Å²) in [5, 5.41) is 19.4. The third-order valence-corrected chi connectivity index (χ3v) is 7.89. The molecule has 0 aliphatic rings. The maximum atomic E-state index is 8.56. The van der Waals surface area contributed by atoms with Gasteiger partial charge in [-0.05, 0) is 60.3 Å². The van der Waals surface area contributed by atoms with Crippen molar-refractivity contribution >= 4 is 21.8 Å². The molecule has 0 bridgehead atoms. The van der Waals surface area contributed by atoms with Crippen LogP contribution in [0.5, 0.6) is 0 Å². The van der Waals surface area contributed by atoms with Crippen molar-refractivity contribution in [3.63, 3.8) is 0 Å². The molecule has 7 rings (SSSR count). The molecule has 50 heavy (non-hydrogen) atoms. The topological polar surface area (TPSA) is 92.0 Å². The van der Waals surface area contributed by atoms with Crippen molar-refractivity contribution in [2.45, 2.75) is 58.7 Å². The number of fused-ring (bicyclic) bond motifs is 3. The predicted octanol–water partition coefficient (Wildman–Crippen LogP) is 9.49. The van der Waals surface area contributed by atoms with Gasteiger partial charge in [-0.3, -0.25) is 15.0 Å². The summed E-state index contributed by atoms with van der Waals surface area (Å²) >= 11 is 0. The molecule has 2 unspecified atom stereocenters. The summed E-state index contributed by atoms with van der Waals surface area (Å²) in [4.78, 5) is 17.9. The molecule has 2 N–H and O–H groups in total. The Kier molecular flexibility index (Phi) is 13.6. The molecular formula is C43H43IrN4O2-. The SMILES string of the molecule is CC(C)(C)c1cc(-c2[c-]cccc2)ncn1.CC(O)CC(C)O.[Ir].c1ccc(-c2ccnc3c2ccc2c(-c4ccccc4)ccnc23)cc1. The van der Waals surface area contributed by atoms with Gasteiger partial charge in [0.2, 0.25) is 0 Å². The number of rotatable bonds is 5. The summed E-state index contributed by atoms with van der Waals surface area (Å²) in [5.41, 5.74) is 9.69. The average Bonchev–Trinajstić information content (AvgIpc) is 3.12. The summed E-state index contributed by atoms with van der Waals surface area (Å²) in [6.45, 7) is 9.76. The molecule has 257 valence electrons. The van der Waals surface area contributed by atoms with E-state index in [9.17, 15) is 0 Å². The molecule has 7 heteroatoms. The second-order valence-corrected chi connectivity index (χ2v) is 13.1. The van der Waals surface area contributed by atoms with Crippen LogP contribution in [0, 0.1) is 6.07 Å². The third kappa shape index (κ3) is 9.96. The van der Waals surface area contributed by atoms with Crippen molar-refractivity contribution in [3.8, 4) is 33.5 Å². The Morgan fingerprint density at radius 1 is 0.620 bits per heavy atom. The van der Waals surface area contributed by atoms with Gasteiger partial charge in [0.1, 0.15) is 6.33 Å². The minimum atomic E-state index is -0.375. The minimum absolute atomic E-state index is 0. The van der Waals surface area contributed by atoms with Crippen molar-refractivity contribution in [3.05, 3.63) is 146 Å². The fourth-order valence-corrected chi connectivity index (χ4v) is 5.53. The number of aliphatic hydroxyl groups is 2. The Balaban J connectivity index is 0.000000200. The first-order valence-corrected chi connectivity index (χ1v) is 16.5. The molecule has 7 aromatic rings. The van der Waals surface area contributed by atoms with E-state index in [1.807, 2.05) is 54.9 Å². The Morgan fingerprint density at radius 2 is 1.12 bits per heavy atom. The first-order valence-electron chi connectivity index (χ1n) is 16.5. The second-order valence-electron chi connectivity index (χ2n) is 13.1. The molecule has 1 radical (unpaired) electrons. The predicted molar refractivity (Wildman–Crippen MR) is 201 cm³/mol. The number of aromatic nitrogens is 4. The van der Waals surface area contributed by atoms with Gasteiger partial charge in [0, 0.05) is 54.4 Å². The molecule has 4 aromatic carbocycles. The van der Waals surface area contributed by atoms with E-state index in [1.54, 1.807) is 20.2 Å². The van der Waals surface area contributed by atoms with E-state index >= 15 is 0 Å². The van der Waals surface area contributed by atoms with Crippen LogP contribution in [0.1, 0.15) is 46.7 Å². The van der Waals surface area contributed by atoms with Gasteiger partial charge in [-0.25, -0.2) is 4.98 Å². The van der Waals surface area contributed by atoms with Crippen LogP contribution in [0.3, 0.4) is 0 Å². The molecule has 0 saturated carbocycles. The van der Waals surface area contributed by atoms with E-state index in [2.05, 4.69) is 120 Å². The zero-order chi connectivity index (χ0) is 34.8. The number of aliphatic hydroxyl groups excluding tert-OH is 2. The van der Waals surface area contributed by atoms with E-state index in [0.717, 1.165) is 38.8 Å². The fourth-order valence-electron chi connectivity index (χ4n) is 5.53. The molecule has 0 saturated heterocycles. The van der Waals surface area contributed by atoms with Crippen molar-refractivity contribution in [1.29, 1.82) is 0 Å². The maximum Gasteiger partial charge on any atom is 0.105 e. The molecule has 3 aromatic heterocycles. The average molecular weight is 840 g/mol. The van der Waals surface area contributed by atoms with E-state index in [0.29, 0.717) is 6.42 Å². The molecule has 0 spiro atoms. The summed E-state index contributed by atoms with van der Waals surface area (Å²) in [7, 11) is 0. The van der Waals surface area contributed by atoms with Crippen molar-refractivity contribution in [2.75, 3.05) is 0 Å². The monoisotopic (exact) mass is 840 g/mol. The normalized spacial score (nSPS) is 12.1. The van der Waals surface area contributed by atoms with Crippen LogP contribution in [0.15, 0.2) is 134 Å². The van der Waals surface area contributed by atoms with Crippen LogP contribution in [-0.2, 0) is 25.5 Å². The molecule has 6 nitrogen and oxygen atoms in total. The standard InChI is InChI=1S/C24H16N2.C14H15N2.C5H12O2.Ir/c1-3-7-17(8-4-1)19-13-15-25-23-21(19)11-12-22-20(14-16-26-24(22)23)18-9-5-2-6-10-18;1-14(2,3)13-9-12(15-10-16-13)11-7-5-4-6-8-11;1-4(6)3-5(2)7;/h1-16H;4-7,9-10H,1-3H3;4-7H,3H2,1-2H3;/q;-1;;. The molecule has 3 heterocycles. The fraction of sp³-hybridized carbons (Fsp3) is 0.209. The van der Waals surface area contributed by atoms with E-state index < -0.39 is 0 Å². The van der Waals surface area contributed by atoms with Crippen molar-refractivity contribution < 1.29 is 30.3 Å². The zero-order valence-electron chi connectivity index (χ0n) is 29.1. The second kappa shape index (κ2) is 17.8. The van der Waals surface area contributed by atoms with Crippen LogP contribution < -0.4 is 0 Å². The maximum absolute atomic E-state index is 8.56. The minimum Gasteiger partial charge on any atom is -0.393 e. The summed E-state index contributed by atoms with van der Waals surface area (Å²) in [5.74, 6) is 0. The summed E-state index contributed by atoms with van der Waals surface area (Å²) in [6, 6.07) is 42.4. The van der Waals surface area contributed by atoms with Gasteiger partial charge in [0.25, 0.3) is 0 Å². The number of nitrogens with zero attached hydrogens (tertiary/aromatic N) is 4.